The number of nitrogens with one attached hydrogen (secondary N) is 1. The molecule has 1 fully saturated rings. The zero-order valence-electron chi connectivity index (χ0n) is 11.2. The van der Waals surface area contributed by atoms with Crippen LogP contribution < -0.4 is 5.32 Å². The molecule has 0 spiro atoms. The minimum atomic E-state index is 0.151. The van der Waals surface area contributed by atoms with Crippen LogP contribution in [0, 0.1) is 5.92 Å². The first kappa shape index (κ1) is 12.8. The summed E-state index contributed by atoms with van der Waals surface area (Å²) in [6, 6.07) is 7.80. The van der Waals surface area contributed by atoms with Gasteiger partial charge >= 0.3 is 0 Å². The van der Waals surface area contributed by atoms with E-state index in [9.17, 15) is 4.79 Å². The Bertz CT molecular complexity index is 574. The molecule has 0 unspecified atom stereocenters. The Morgan fingerprint density at radius 1 is 1.00 bits per heavy atom. The van der Waals surface area contributed by atoms with E-state index < -0.39 is 0 Å². The average molecular weight is 267 g/mol. The van der Waals surface area contributed by atoms with Gasteiger partial charge in [-0.1, -0.05) is 25.0 Å². The number of amides is 1. The van der Waals surface area contributed by atoms with Crippen molar-refractivity contribution in [3.05, 3.63) is 43.0 Å². The molecule has 0 aliphatic heterocycles. The third-order valence-corrected chi connectivity index (χ3v) is 3.77. The largest absolute Gasteiger partial charge is 0.326 e. The first-order chi connectivity index (χ1) is 9.83. The van der Waals surface area contributed by atoms with Crippen LogP contribution in [0.1, 0.15) is 25.7 Å². The smallest absolute Gasteiger partial charge is 0.227 e. The van der Waals surface area contributed by atoms with Crippen molar-refractivity contribution in [2.75, 3.05) is 5.32 Å². The monoisotopic (exact) mass is 267 g/mol. The van der Waals surface area contributed by atoms with E-state index in [0.717, 1.165) is 29.7 Å². The van der Waals surface area contributed by atoms with Gasteiger partial charge in [0.1, 0.15) is 6.33 Å². The molecule has 2 aromatic rings. The van der Waals surface area contributed by atoms with Crippen molar-refractivity contribution in [1.29, 1.82) is 0 Å². The van der Waals surface area contributed by atoms with Crippen LogP contribution in [0.15, 0.2) is 43.0 Å². The summed E-state index contributed by atoms with van der Waals surface area (Å²) >= 11 is 0. The second-order valence-corrected chi connectivity index (χ2v) is 5.18. The lowest BCUT2D eigenvalue weighted by Gasteiger charge is -2.10. The summed E-state index contributed by atoms with van der Waals surface area (Å²) < 4.78 is 0. The Balaban J connectivity index is 1.68. The fourth-order valence-electron chi connectivity index (χ4n) is 2.63. The Labute approximate surface area is 118 Å². The van der Waals surface area contributed by atoms with Gasteiger partial charge in [0.15, 0.2) is 0 Å². The molecule has 3 rings (SSSR count). The zero-order valence-corrected chi connectivity index (χ0v) is 11.2. The Morgan fingerprint density at radius 2 is 1.65 bits per heavy atom. The Morgan fingerprint density at radius 3 is 2.30 bits per heavy atom. The predicted molar refractivity (Wildman–Crippen MR) is 78.1 cm³/mol. The standard InChI is InChI=1S/C16H17N3O/c20-16(13-3-1-2-4-13)19-15-7-5-12(6-8-15)14-9-17-11-18-10-14/h5-11,13H,1-4H2,(H,19,20). The van der Waals surface area contributed by atoms with Gasteiger partial charge in [0.25, 0.3) is 0 Å². The Kier molecular flexibility index (Phi) is 3.72. The van der Waals surface area contributed by atoms with Gasteiger partial charge in [-0.15, -0.1) is 0 Å². The predicted octanol–water partition coefficient (Wildman–Crippen LogP) is 3.27. The molecule has 1 aromatic heterocycles. The van der Waals surface area contributed by atoms with Crippen LogP contribution in [-0.2, 0) is 4.79 Å². The molecular weight excluding hydrogens is 250 g/mol. The maximum atomic E-state index is 12.0. The highest BCUT2D eigenvalue weighted by molar-refractivity contribution is 5.92. The Hall–Kier alpha value is -2.23. The molecule has 1 aliphatic carbocycles. The molecular formula is C16H17N3O. The van der Waals surface area contributed by atoms with E-state index in [-0.39, 0.29) is 11.8 Å². The van der Waals surface area contributed by atoms with Crippen LogP contribution in [0.4, 0.5) is 5.69 Å². The number of rotatable bonds is 3. The van der Waals surface area contributed by atoms with Gasteiger partial charge in [-0.25, -0.2) is 9.97 Å². The van der Waals surface area contributed by atoms with E-state index in [1.54, 1.807) is 12.4 Å². The van der Waals surface area contributed by atoms with E-state index >= 15 is 0 Å². The number of carbonyl (C=O) groups excluding carboxylic acids is 1. The van der Waals surface area contributed by atoms with Gasteiger partial charge in [0.05, 0.1) is 0 Å². The highest BCUT2D eigenvalue weighted by Gasteiger charge is 2.22. The third kappa shape index (κ3) is 2.85. The van der Waals surface area contributed by atoms with Crippen molar-refractivity contribution in [3.8, 4) is 11.1 Å². The van der Waals surface area contributed by atoms with Crippen molar-refractivity contribution in [1.82, 2.24) is 9.97 Å². The number of nitrogens with zero attached hydrogens (tertiary/aromatic N) is 2. The molecule has 0 radical (unpaired) electrons. The highest BCUT2D eigenvalue weighted by Crippen LogP contribution is 2.26. The molecule has 1 aliphatic rings. The van der Waals surface area contributed by atoms with E-state index in [1.165, 1.54) is 19.2 Å². The lowest BCUT2D eigenvalue weighted by atomic mass is 10.1. The highest BCUT2D eigenvalue weighted by atomic mass is 16.1. The lowest BCUT2D eigenvalue weighted by Crippen LogP contribution is -2.20. The first-order valence-corrected chi connectivity index (χ1v) is 6.99. The zero-order chi connectivity index (χ0) is 13.8. The minimum Gasteiger partial charge on any atom is -0.326 e. The molecule has 20 heavy (non-hydrogen) atoms. The molecule has 0 saturated heterocycles. The first-order valence-electron chi connectivity index (χ1n) is 6.99. The van der Waals surface area contributed by atoms with E-state index in [1.807, 2.05) is 24.3 Å². The number of benzene rings is 1. The molecule has 102 valence electrons. The molecule has 4 heteroatoms. The number of hydrogen-bond acceptors (Lipinski definition) is 3. The molecule has 0 atom stereocenters. The van der Waals surface area contributed by atoms with Crippen molar-refractivity contribution >= 4 is 11.6 Å². The third-order valence-electron chi connectivity index (χ3n) is 3.77. The maximum Gasteiger partial charge on any atom is 0.227 e. The fraction of sp³-hybridized carbons (Fsp3) is 0.312. The minimum absolute atomic E-state index is 0.151. The van der Waals surface area contributed by atoms with E-state index in [0.29, 0.717) is 0 Å². The fourth-order valence-corrected chi connectivity index (χ4v) is 2.63. The summed E-state index contributed by atoms with van der Waals surface area (Å²) in [6.45, 7) is 0. The second-order valence-electron chi connectivity index (χ2n) is 5.18. The van der Waals surface area contributed by atoms with Crippen LogP contribution in [0.2, 0.25) is 0 Å². The van der Waals surface area contributed by atoms with Gasteiger partial charge in [-0.2, -0.15) is 0 Å². The van der Waals surface area contributed by atoms with Gasteiger partial charge in [0, 0.05) is 29.6 Å². The average Bonchev–Trinajstić information content (AvgIpc) is 3.03. The molecule has 4 nitrogen and oxygen atoms in total. The van der Waals surface area contributed by atoms with Crippen LogP contribution in [0.5, 0.6) is 0 Å². The second kappa shape index (κ2) is 5.82. The molecule has 1 N–H and O–H groups in total. The number of carbonyl (C=O) groups is 1. The SMILES string of the molecule is O=C(Nc1ccc(-c2cncnc2)cc1)C1CCCC1. The van der Waals surface area contributed by atoms with Crippen molar-refractivity contribution in [2.24, 2.45) is 5.92 Å². The topological polar surface area (TPSA) is 54.9 Å². The molecule has 1 amide bonds. The van der Waals surface area contributed by atoms with Crippen LogP contribution >= 0.6 is 0 Å². The van der Waals surface area contributed by atoms with Gasteiger partial charge < -0.3 is 5.32 Å². The van der Waals surface area contributed by atoms with Gasteiger partial charge in [-0.05, 0) is 30.5 Å². The maximum absolute atomic E-state index is 12.0. The number of anilines is 1. The van der Waals surface area contributed by atoms with Crippen LogP contribution in [0.3, 0.4) is 0 Å². The molecule has 0 bridgehead atoms. The van der Waals surface area contributed by atoms with E-state index in [2.05, 4.69) is 15.3 Å². The van der Waals surface area contributed by atoms with Crippen molar-refractivity contribution < 1.29 is 4.79 Å². The summed E-state index contributed by atoms with van der Waals surface area (Å²) in [5, 5.41) is 2.99. The quantitative estimate of drug-likeness (QED) is 0.928. The van der Waals surface area contributed by atoms with E-state index in [4.69, 9.17) is 0 Å². The normalized spacial score (nSPS) is 15.2. The molecule has 1 aromatic carbocycles. The van der Waals surface area contributed by atoms with Gasteiger partial charge in [0.2, 0.25) is 5.91 Å². The van der Waals surface area contributed by atoms with Crippen molar-refractivity contribution in [3.63, 3.8) is 0 Å². The van der Waals surface area contributed by atoms with Gasteiger partial charge in [-0.3, -0.25) is 4.79 Å². The summed E-state index contributed by atoms with van der Waals surface area (Å²) in [7, 11) is 0. The summed E-state index contributed by atoms with van der Waals surface area (Å²) in [5.74, 6) is 0.343. The number of aromatic nitrogens is 2. The van der Waals surface area contributed by atoms with Crippen LogP contribution in [-0.4, -0.2) is 15.9 Å². The molecule has 1 heterocycles. The summed E-state index contributed by atoms with van der Waals surface area (Å²) in [6.07, 6.45) is 9.45. The molecule has 1 saturated carbocycles. The summed E-state index contributed by atoms with van der Waals surface area (Å²) in [5.41, 5.74) is 2.87. The lowest BCUT2D eigenvalue weighted by molar-refractivity contribution is -0.119. The van der Waals surface area contributed by atoms with Crippen molar-refractivity contribution in [2.45, 2.75) is 25.7 Å². The van der Waals surface area contributed by atoms with Crippen LogP contribution in [0.25, 0.3) is 11.1 Å². The summed E-state index contributed by atoms with van der Waals surface area (Å²) in [4.78, 5) is 20.0. The number of hydrogen-bond donors (Lipinski definition) is 1.